The monoisotopic (exact) mass is 766 g/mol. The summed E-state index contributed by atoms with van der Waals surface area (Å²) in [5, 5.41) is -0.552. The van der Waals surface area contributed by atoms with Gasteiger partial charge in [-0.1, -0.05) is 151 Å². The van der Waals surface area contributed by atoms with E-state index in [0.29, 0.717) is 11.1 Å². The van der Waals surface area contributed by atoms with Crippen molar-refractivity contribution in [2.45, 2.75) is 0 Å². The predicted molar refractivity (Wildman–Crippen MR) is 236 cm³/mol. The first kappa shape index (κ1) is 18.0. The van der Waals surface area contributed by atoms with Crippen LogP contribution in [0.15, 0.2) is 186 Å². The van der Waals surface area contributed by atoms with Crippen LogP contribution in [0.5, 0.6) is 0 Å². The quantitative estimate of drug-likeness (QED) is 0.175. The van der Waals surface area contributed by atoms with Gasteiger partial charge in [-0.2, -0.15) is 9.97 Å². The number of fused-ring (bicyclic) bond motifs is 10. The molecule has 5 nitrogen and oxygen atoms in total. The fourth-order valence-electron chi connectivity index (χ4n) is 7.17. The predicted octanol–water partition coefficient (Wildman–Crippen LogP) is 13.9. The second-order valence-electron chi connectivity index (χ2n) is 12.8. The van der Waals surface area contributed by atoms with Crippen LogP contribution < -0.4 is 0 Å². The maximum atomic E-state index is 9.73. The van der Waals surface area contributed by atoms with Crippen LogP contribution in [0.4, 0.5) is 0 Å². The van der Waals surface area contributed by atoms with E-state index in [4.69, 9.17) is 27.2 Å². The average molecular weight is 767 g/mol. The molecule has 4 aromatic heterocycles. The van der Waals surface area contributed by atoms with Gasteiger partial charge in [-0.25, -0.2) is 4.98 Å². The number of nitrogens with zero attached hydrogens (tertiary/aromatic N) is 4. The van der Waals surface area contributed by atoms with Crippen LogP contribution in [0.25, 0.3) is 115 Å². The molecule has 0 aliphatic rings. The summed E-state index contributed by atoms with van der Waals surface area (Å²) >= 11 is 0.869. The fourth-order valence-corrected chi connectivity index (χ4v) is 8.33. The van der Waals surface area contributed by atoms with Crippen LogP contribution in [0, 0.1) is 0 Å². The standard InChI is InChI=1S/C51H30N4OS/c1-4-14-31(15-5-1)35-21-12-24-42-45(35)39-27-26-34(30-43(39)56-42)50-52-49(33-18-8-3-9-19-33)53-51(54-50)55-41-23-11-10-20-37(41)38-28-29-40-46-36(32-16-6-2-7-17-32)22-13-25-44(46)57-48(40)47(38)55/h1-30H/i3D,8D,9D,10D,11D,12D,13D,18D,19D,20D,21D,22D,23D,24D,25D,26D,27D,28D,29D,30D. The molecule has 0 unspecified atom stereocenters. The van der Waals surface area contributed by atoms with E-state index in [2.05, 4.69) is 9.97 Å². The molecule has 0 fully saturated rings. The molecule has 0 aliphatic heterocycles. The molecule has 57 heavy (non-hydrogen) atoms. The van der Waals surface area contributed by atoms with E-state index >= 15 is 0 Å². The summed E-state index contributed by atoms with van der Waals surface area (Å²) in [4.78, 5) is 14.0. The van der Waals surface area contributed by atoms with Crippen molar-refractivity contribution in [3.63, 3.8) is 0 Å². The average Bonchev–Trinajstić information content (AvgIpc) is 4.08. The molecule has 12 aromatic rings. The molecule has 0 radical (unpaired) electrons. The first-order valence-corrected chi connectivity index (χ1v) is 18.2. The van der Waals surface area contributed by atoms with Crippen LogP contribution in [-0.2, 0) is 0 Å². The minimum absolute atomic E-state index is 0.0000311. The zero-order valence-corrected chi connectivity index (χ0v) is 29.7. The lowest BCUT2D eigenvalue weighted by Crippen LogP contribution is -2.06. The van der Waals surface area contributed by atoms with Crippen LogP contribution >= 0.6 is 11.3 Å². The van der Waals surface area contributed by atoms with Gasteiger partial charge >= 0.3 is 0 Å². The van der Waals surface area contributed by atoms with Gasteiger partial charge in [0.1, 0.15) is 11.2 Å². The molecular formula is C51H30N4OS. The summed E-state index contributed by atoms with van der Waals surface area (Å²) in [6, 6.07) is 4.28. The first-order chi connectivity index (χ1) is 36.6. The van der Waals surface area contributed by atoms with Crippen molar-refractivity contribution in [3.05, 3.63) is 182 Å². The zero-order chi connectivity index (χ0) is 54.9. The summed E-state index contributed by atoms with van der Waals surface area (Å²) in [7, 11) is 0. The van der Waals surface area contributed by atoms with Gasteiger partial charge in [-0.3, -0.25) is 4.57 Å². The molecule has 0 spiro atoms. The molecule has 0 bridgehead atoms. The van der Waals surface area contributed by atoms with Crippen molar-refractivity contribution in [3.8, 4) is 51.0 Å². The van der Waals surface area contributed by atoms with Crippen molar-refractivity contribution in [2.75, 3.05) is 0 Å². The number of benzene rings is 8. The SMILES string of the molecule is [2H]c1c([2H])c([2H])c(-c2nc(-c3c([2H])c([2H])c4c(oc5c([2H])c([2H])c([2H])c(-c6ccccc6)c54)c3[2H])nc(-n3c4c([2H])c([2H])c([2H])c([2H])c4c4c([2H])c([2H])c5c(sc6c([2H])c([2H])c([2H])c(-c7ccccc7)c65)c43)n2)c([2H])c1[2H]. The molecule has 0 aliphatic carbocycles. The van der Waals surface area contributed by atoms with Gasteiger partial charge in [-0.05, 0) is 52.5 Å². The first-order valence-electron chi connectivity index (χ1n) is 27.4. The van der Waals surface area contributed by atoms with E-state index in [1.165, 1.54) is 0 Å². The Morgan fingerprint density at radius 1 is 0.491 bits per heavy atom. The summed E-state index contributed by atoms with van der Waals surface area (Å²) in [6.07, 6.45) is 0. The maximum Gasteiger partial charge on any atom is 0.238 e. The molecule has 0 amide bonds. The Balaban J connectivity index is 1.29. The fraction of sp³-hybridized carbons (Fsp3) is 0. The molecule has 6 heteroatoms. The lowest BCUT2D eigenvalue weighted by Gasteiger charge is -2.11. The number of para-hydroxylation sites is 1. The Kier molecular flexibility index (Phi) is 3.97. The molecule has 8 aromatic carbocycles. The van der Waals surface area contributed by atoms with Gasteiger partial charge in [-0.15, -0.1) is 11.3 Å². The van der Waals surface area contributed by atoms with Gasteiger partial charge in [0.25, 0.3) is 0 Å². The summed E-state index contributed by atoms with van der Waals surface area (Å²) in [5.74, 6) is -1.98. The number of thiophene rings is 1. The molecule has 0 saturated carbocycles. The lowest BCUT2D eigenvalue weighted by molar-refractivity contribution is 0.669. The van der Waals surface area contributed by atoms with Crippen LogP contribution in [0.2, 0.25) is 0 Å². The highest BCUT2D eigenvalue weighted by Gasteiger charge is 2.23. The van der Waals surface area contributed by atoms with E-state index < -0.39 is 143 Å². The number of hydrogen-bond donors (Lipinski definition) is 0. The van der Waals surface area contributed by atoms with Crippen LogP contribution in [-0.4, -0.2) is 19.5 Å². The van der Waals surface area contributed by atoms with E-state index in [0.717, 1.165) is 15.9 Å². The highest BCUT2D eigenvalue weighted by Crippen LogP contribution is 2.46. The maximum absolute atomic E-state index is 9.73. The second-order valence-corrected chi connectivity index (χ2v) is 13.8. The molecule has 0 saturated heterocycles. The molecule has 12 rings (SSSR count). The number of hydrogen-bond acceptors (Lipinski definition) is 5. The molecule has 0 atom stereocenters. The van der Waals surface area contributed by atoms with Crippen molar-refractivity contribution in [1.29, 1.82) is 0 Å². The van der Waals surface area contributed by atoms with Crippen LogP contribution in [0.1, 0.15) is 27.4 Å². The topological polar surface area (TPSA) is 56.7 Å². The molecule has 266 valence electrons. The lowest BCUT2D eigenvalue weighted by atomic mass is 9.99. The third kappa shape index (κ3) is 4.98. The van der Waals surface area contributed by atoms with Gasteiger partial charge in [0.05, 0.1) is 43.1 Å². The molecule has 0 N–H and O–H groups in total. The largest absolute Gasteiger partial charge is 0.456 e. The number of aromatic nitrogens is 4. The summed E-state index contributed by atoms with van der Waals surface area (Å²) in [5.41, 5.74) is -1.30. The Bertz CT molecular complexity index is 4670. The normalized spacial score (nSPS) is 16.8. The Labute approximate surface area is 358 Å². The van der Waals surface area contributed by atoms with Crippen molar-refractivity contribution < 1.29 is 31.8 Å². The second kappa shape index (κ2) is 12.6. The number of rotatable bonds is 5. The van der Waals surface area contributed by atoms with E-state index in [-0.39, 0.29) is 81.5 Å². The minimum atomic E-state index is -0.810. The van der Waals surface area contributed by atoms with E-state index in [1.807, 2.05) is 0 Å². The number of furan rings is 1. The third-order valence-corrected chi connectivity index (χ3v) is 10.7. The van der Waals surface area contributed by atoms with Crippen molar-refractivity contribution in [2.24, 2.45) is 0 Å². The van der Waals surface area contributed by atoms with Crippen molar-refractivity contribution >= 4 is 75.3 Å². The third-order valence-electron chi connectivity index (χ3n) is 9.62. The Morgan fingerprint density at radius 3 is 1.95 bits per heavy atom. The smallest absolute Gasteiger partial charge is 0.238 e. The van der Waals surface area contributed by atoms with Gasteiger partial charge < -0.3 is 4.42 Å². The molecule has 4 heterocycles. The summed E-state index contributed by atoms with van der Waals surface area (Å²) in [6.45, 7) is 0. The van der Waals surface area contributed by atoms with E-state index in [1.54, 1.807) is 60.7 Å². The Hall–Kier alpha value is -7.41. The summed E-state index contributed by atoms with van der Waals surface area (Å²) < 4.78 is 189. The van der Waals surface area contributed by atoms with Gasteiger partial charge in [0, 0.05) is 48.1 Å². The highest BCUT2D eigenvalue weighted by molar-refractivity contribution is 7.26. The highest BCUT2D eigenvalue weighted by atomic mass is 32.1. The van der Waals surface area contributed by atoms with Crippen LogP contribution in [0.3, 0.4) is 0 Å². The van der Waals surface area contributed by atoms with Gasteiger partial charge in [0.2, 0.25) is 5.95 Å². The van der Waals surface area contributed by atoms with Gasteiger partial charge in [0.15, 0.2) is 11.6 Å². The van der Waals surface area contributed by atoms with E-state index in [9.17, 15) is 9.60 Å². The van der Waals surface area contributed by atoms with Crippen molar-refractivity contribution in [1.82, 2.24) is 19.5 Å². The minimum Gasteiger partial charge on any atom is -0.456 e. The Morgan fingerprint density at radius 2 is 1.16 bits per heavy atom. The zero-order valence-electron chi connectivity index (χ0n) is 48.9. The molecular weight excluding hydrogens is 717 g/mol.